The molecule has 110 valence electrons. The van der Waals surface area contributed by atoms with E-state index in [9.17, 15) is 13.2 Å². The molecule has 2 rings (SSSR count). The minimum absolute atomic E-state index is 0.0904. The Morgan fingerprint density at radius 3 is 2.57 bits per heavy atom. The molecule has 8 heteroatoms. The molecule has 0 saturated heterocycles. The van der Waals surface area contributed by atoms with Crippen LogP contribution < -0.4 is 11.1 Å². The minimum Gasteiger partial charge on any atom is -0.388 e. The summed E-state index contributed by atoms with van der Waals surface area (Å²) in [5, 5.41) is 2.72. The number of hydrogen-bond acceptors (Lipinski definition) is 4. The summed E-state index contributed by atoms with van der Waals surface area (Å²) in [6, 6.07) is 6.35. The Balaban J connectivity index is 2.32. The molecule has 0 amide bonds. The summed E-state index contributed by atoms with van der Waals surface area (Å²) in [6.45, 7) is 1.71. The second kappa shape index (κ2) is 5.65. The van der Waals surface area contributed by atoms with Crippen LogP contribution in [0.15, 0.2) is 30.3 Å². The predicted octanol–water partition coefficient (Wildman–Crippen LogP) is 3.18. The molecule has 1 heterocycles. The van der Waals surface area contributed by atoms with Gasteiger partial charge >= 0.3 is 6.18 Å². The standard InChI is InChI=1S/C13H11F3N4S/c1-7-5-10(11(17)21)20-12(18-7)19-9-4-2-3-8(6-9)13(14,15)16/h2-6H,1H3,(H2,17,21)(H,18,19,20). The van der Waals surface area contributed by atoms with Gasteiger partial charge in [0.05, 0.1) is 5.56 Å². The molecule has 2 aromatic rings. The molecule has 0 saturated carbocycles. The summed E-state index contributed by atoms with van der Waals surface area (Å²) in [4.78, 5) is 8.23. The number of thiocarbonyl (C=S) groups is 1. The van der Waals surface area contributed by atoms with Gasteiger partial charge in [-0.1, -0.05) is 18.3 Å². The molecule has 0 spiro atoms. The Kier molecular flexibility index (Phi) is 4.08. The predicted molar refractivity (Wildman–Crippen MR) is 77.4 cm³/mol. The van der Waals surface area contributed by atoms with Gasteiger partial charge in [-0.15, -0.1) is 0 Å². The summed E-state index contributed by atoms with van der Waals surface area (Å²) in [6.07, 6.45) is -4.41. The third-order valence-corrected chi connectivity index (χ3v) is 2.76. The van der Waals surface area contributed by atoms with Crippen molar-refractivity contribution in [2.45, 2.75) is 13.1 Å². The molecule has 0 fully saturated rings. The number of nitrogens with two attached hydrogens (primary N) is 1. The first-order chi connectivity index (χ1) is 9.75. The van der Waals surface area contributed by atoms with Crippen LogP contribution >= 0.6 is 12.2 Å². The number of benzene rings is 1. The molecule has 0 atom stereocenters. The van der Waals surface area contributed by atoms with Crippen LogP contribution in [-0.4, -0.2) is 15.0 Å². The molecule has 1 aromatic heterocycles. The molecule has 21 heavy (non-hydrogen) atoms. The lowest BCUT2D eigenvalue weighted by Crippen LogP contribution is -2.14. The van der Waals surface area contributed by atoms with Crippen molar-refractivity contribution in [3.63, 3.8) is 0 Å². The van der Waals surface area contributed by atoms with Crippen LogP contribution in [-0.2, 0) is 6.18 Å². The fraction of sp³-hybridized carbons (Fsp3) is 0.154. The molecule has 0 bridgehead atoms. The summed E-state index contributed by atoms with van der Waals surface area (Å²) in [5.74, 6) is 0.136. The van der Waals surface area contributed by atoms with Gasteiger partial charge < -0.3 is 11.1 Å². The van der Waals surface area contributed by atoms with Gasteiger partial charge in [-0.2, -0.15) is 13.2 Å². The van der Waals surface area contributed by atoms with Crippen LogP contribution in [0.2, 0.25) is 0 Å². The van der Waals surface area contributed by atoms with Crippen LogP contribution in [0, 0.1) is 6.92 Å². The molecule has 0 aliphatic carbocycles. The zero-order valence-electron chi connectivity index (χ0n) is 10.9. The number of aromatic nitrogens is 2. The van der Waals surface area contributed by atoms with Crippen molar-refractivity contribution in [1.29, 1.82) is 0 Å². The van der Waals surface area contributed by atoms with Gasteiger partial charge in [-0.25, -0.2) is 9.97 Å². The van der Waals surface area contributed by atoms with Gasteiger partial charge in [0.25, 0.3) is 0 Å². The van der Waals surface area contributed by atoms with E-state index in [-0.39, 0.29) is 16.6 Å². The highest BCUT2D eigenvalue weighted by Gasteiger charge is 2.30. The maximum atomic E-state index is 12.6. The van der Waals surface area contributed by atoms with Crippen LogP contribution in [0.4, 0.5) is 24.8 Å². The Morgan fingerprint density at radius 1 is 1.24 bits per heavy atom. The van der Waals surface area contributed by atoms with E-state index in [1.807, 2.05) is 0 Å². The third-order valence-electron chi connectivity index (χ3n) is 2.55. The molecule has 0 aliphatic heterocycles. The van der Waals surface area contributed by atoms with E-state index in [1.165, 1.54) is 12.1 Å². The van der Waals surface area contributed by atoms with E-state index in [2.05, 4.69) is 15.3 Å². The zero-order valence-corrected chi connectivity index (χ0v) is 11.7. The number of nitrogens with zero attached hydrogens (tertiary/aromatic N) is 2. The summed E-state index contributed by atoms with van der Waals surface area (Å²) in [5.41, 5.74) is 5.92. The lowest BCUT2D eigenvalue weighted by atomic mass is 10.2. The largest absolute Gasteiger partial charge is 0.416 e. The zero-order chi connectivity index (χ0) is 15.6. The quantitative estimate of drug-likeness (QED) is 0.852. The highest BCUT2D eigenvalue weighted by molar-refractivity contribution is 7.80. The van der Waals surface area contributed by atoms with Crippen molar-refractivity contribution in [2.24, 2.45) is 5.73 Å². The van der Waals surface area contributed by atoms with E-state index in [0.717, 1.165) is 12.1 Å². The normalized spacial score (nSPS) is 11.2. The summed E-state index contributed by atoms with van der Waals surface area (Å²) < 4.78 is 37.9. The Hall–Kier alpha value is -2.22. The fourth-order valence-electron chi connectivity index (χ4n) is 1.65. The first-order valence-corrected chi connectivity index (χ1v) is 6.26. The lowest BCUT2D eigenvalue weighted by Gasteiger charge is -2.10. The molecular weight excluding hydrogens is 301 g/mol. The van der Waals surface area contributed by atoms with Gasteiger partial charge in [-0.05, 0) is 31.2 Å². The maximum absolute atomic E-state index is 12.6. The third kappa shape index (κ3) is 3.88. The molecular formula is C13H11F3N4S. The van der Waals surface area contributed by atoms with E-state index in [0.29, 0.717) is 11.4 Å². The molecule has 4 nitrogen and oxygen atoms in total. The summed E-state index contributed by atoms with van der Waals surface area (Å²) in [7, 11) is 0. The van der Waals surface area contributed by atoms with Gasteiger partial charge in [0.1, 0.15) is 10.7 Å². The van der Waals surface area contributed by atoms with Crippen LogP contribution in [0.3, 0.4) is 0 Å². The molecule has 1 aromatic carbocycles. The smallest absolute Gasteiger partial charge is 0.388 e. The molecule has 0 aliphatic rings. The van der Waals surface area contributed by atoms with Crippen molar-refractivity contribution in [3.05, 3.63) is 47.3 Å². The Morgan fingerprint density at radius 2 is 1.95 bits per heavy atom. The SMILES string of the molecule is Cc1cc(C(N)=S)nc(Nc2cccc(C(F)(F)F)c2)n1. The van der Waals surface area contributed by atoms with Crippen LogP contribution in [0.5, 0.6) is 0 Å². The van der Waals surface area contributed by atoms with E-state index in [4.69, 9.17) is 18.0 Å². The average Bonchev–Trinajstić information content (AvgIpc) is 2.37. The maximum Gasteiger partial charge on any atom is 0.416 e. The van der Waals surface area contributed by atoms with Crippen LogP contribution in [0.25, 0.3) is 0 Å². The van der Waals surface area contributed by atoms with E-state index in [1.54, 1.807) is 13.0 Å². The monoisotopic (exact) mass is 312 g/mol. The Labute approximate surface area is 124 Å². The van der Waals surface area contributed by atoms with Gasteiger partial charge in [0.2, 0.25) is 5.95 Å². The average molecular weight is 312 g/mol. The van der Waals surface area contributed by atoms with E-state index < -0.39 is 11.7 Å². The first-order valence-electron chi connectivity index (χ1n) is 5.85. The summed E-state index contributed by atoms with van der Waals surface area (Å²) >= 11 is 4.83. The number of anilines is 2. The van der Waals surface area contributed by atoms with Crippen molar-refractivity contribution in [3.8, 4) is 0 Å². The van der Waals surface area contributed by atoms with Gasteiger partial charge in [0, 0.05) is 11.4 Å². The second-order valence-electron chi connectivity index (χ2n) is 4.29. The van der Waals surface area contributed by atoms with Crippen molar-refractivity contribution in [1.82, 2.24) is 9.97 Å². The Bertz CT molecular complexity index is 685. The minimum atomic E-state index is -4.41. The number of aryl methyl sites for hydroxylation is 1. The van der Waals surface area contributed by atoms with Gasteiger partial charge in [0.15, 0.2) is 0 Å². The first kappa shape index (κ1) is 15.2. The number of rotatable bonds is 3. The molecule has 3 N–H and O–H groups in total. The van der Waals surface area contributed by atoms with Crippen molar-refractivity contribution in [2.75, 3.05) is 5.32 Å². The van der Waals surface area contributed by atoms with E-state index >= 15 is 0 Å². The fourth-order valence-corrected chi connectivity index (χ4v) is 1.76. The number of alkyl halides is 3. The highest BCUT2D eigenvalue weighted by Crippen LogP contribution is 2.31. The number of hydrogen-bond donors (Lipinski definition) is 2. The second-order valence-corrected chi connectivity index (χ2v) is 4.73. The lowest BCUT2D eigenvalue weighted by molar-refractivity contribution is -0.137. The topological polar surface area (TPSA) is 63.8 Å². The highest BCUT2D eigenvalue weighted by atomic mass is 32.1. The molecule has 0 radical (unpaired) electrons. The number of halogens is 3. The van der Waals surface area contributed by atoms with Crippen molar-refractivity contribution < 1.29 is 13.2 Å². The molecule has 0 unspecified atom stereocenters. The number of nitrogens with one attached hydrogen (secondary N) is 1. The van der Waals surface area contributed by atoms with Gasteiger partial charge in [-0.3, -0.25) is 0 Å². The van der Waals surface area contributed by atoms with Crippen LogP contribution in [0.1, 0.15) is 17.0 Å². The van der Waals surface area contributed by atoms with Crippen molar-refractivity contribution >= 4 is 28.8 Å².